The van der Waals surface area contributed by atoms with E-state index in [-0.39, 0.29) is 37.4 Å². The summed E-state index contributed by atoms with van der Waals surface area (Å²) in [6.45, 7) is 6.57. The quantitative estimate of drug-likeness (QED) is 0.295. The van der Waals surface area contributed by atoms with Crippen LogP contribution in [-0.2, 0) is 28.7 Å². The maximum Gasteiger partial charge on any atom is 0.306 e. The second kappa shape index (κ2) is 12.6. The molecule has 2 N–H and O–H groups in total. The number of aliphatic hydroxyl groups is 1. The molecule has 0 aromatic heterocycles. The molecule has 2 fully saturated rings. The number of hydrogen-bond donors (Lipinski definition) is 2. The molecule has 4 aliphatic heterocycles. The van der Waals surface area contributed by atoms with Crippen molar-refractivity contribution in [3.8, 4) is 0 Å². The molecule has 0 saturated carbocycles. The van der Waals surface area contributed by atoms with Crippen LogP contribution >= 0.6 is 0 Å². The van der Waals surface area contributed by atoms with Crippen molar-refractivity contribution in [3.63, 3.8) is 0 Å². The molecule has 10 heteroatoms. The number of unbranched alkanes of at least 4 members (excludes halogenated alkanes) is 2. The van der Waals surface area contributed by atoms with Crippen molar-refractivity contribution in [3.05, 3.63) is 60.2 Å². The van der Waals surface area contributed by atoms with Gasteiger partial charge in [0, 0.05) is 31.7 Å². The Morgan fingerprint density at radius 3 is 2.51 bits per heavy atom. The van der Waals surface area contributed by atoms with Gasteiger partial charge in [0.15, 0.2) is 0 Å². The molecule has 1 aromatic rings. The molecule has 3 amide bonds. The molecule has 2 saturated heterocycles. The van der Waals surface area contributed by atoms with Crippen molar-refractivity contribution in [2.75, 3.05) is 26.3 Å². The average molecular weight is 594 g/mol. The second-order valence-electron chi connectivity index (χ2n) is 12.8. The summed E-state index contributed by atoms with van der Waals surface area (Å²) < 4.78 is 12.3. The lowest BCUT2D eigenvalue weighted by molar-refractivity contribution is -0.151. The molecule has 0 radical (unpaired) electrons. The molecule has 1 spiro atoms. The highest BCUT2D eigenvalue weighted by Gasteiger charge is 2.71. The highest BCUT2D eigenvalue weighted by Crippen LogP contribution is 2.53. The summed E-state index contributed by atoms with van der Waals surface area (Å²) in [4.78, 5) is 58.8. The Morgan fingerprint density at radius 2 is 1.79 bits per heavy atom. The number of likely N-dealkylation sites (tertiary alicyclic amines) is 1. The fourth-order valence-corrected chi connectivity index (χ4v) is 6.85. The van der Waals surface area contributed by atoms with Crippen LogP contribution in [0.2, 0.25) is 0 Å². The first kappa shape index (κ1) is 30.9. The highest BCUT2D eigenvalue weighted by atomic mass is 16.5. The van der Waals surface area contributed by atoms with Gasteiger partial charge in [-0.25, -0.2) is 0 Å². The molecule has 6 atom stereocenters. The Balaban J connectivity index is 1.56. The molecule has 232 valence electrons. The average Bonchev–Trinajstić information content (AvgIpc) is 3.34. The van der Waals surface area contributed by atoms with Gasteiger partial charge in [-0.15, -0.1) is 0 Å². The summed E-state index contributed by atoms with van der Waals surface area (Å²) in [6, 6.07) is 7.72. The van der Waals surface area contributed by atoms with Crippen LogP contribution in [0.25, 0.3) is 0 Å². The molecule has 0 unspecified atom stereocenters. The van der Waals surface area contributed by atoms with Gasteiger partial charge < -0.3 is 29.7 Å². The van der Waals surface area contributed by atoms with Gasteiger partial charge in [0.25, 0.3) is 0 Å². The zero-order chi connectivity index (χ0) is 30.8. The summed E-state index contributed by atoms with van der Waals surface area (Å²) in [7, 11) is 0. The molecule has 0 bridgehead atoms. The first-order chi connectivity index (χ1) is 20.6. The number of ether oxygens (including phenoxy) is 2. The van der Waals surface area contributed by atoms with Crippen molar-refractivity contribution in [1.82, 2.24) is 15.1 Å². The van der Waals surface area contributed by atoms with Gasteiger partial charge in [0.05, 0.1) is 24.0 Å². The van der Waals surface area contributed by atoms with Gasteiger partial charge in [-0.1, -0.05) is 54.6 Å². The van der Waals surface area contributed by atoms with Crippen LogP contribution in [0.4, 0.5) is 0 Å². The smallest absolute Gasteiger partial charge is 0.306 e. The van der Waals surface area contributed by atoms with Crippen LogP contribution in [0.5, 0.6) is 0 Å². The zero-order valence-corrected chi connectivity index (χ0v) is 25.2. The number of benzene rings is 1. The van der Waals surface area contributed by atoms with Gasteiger partial charge in [0.2, 0.25) is 17.7 Å². The van der Waals surface area contributed by atoms with E-state index in [0.717, 1.165) is 5.56 Å². The number of allylic oxidation sites excluding steroid dienone is 1. The first-order valence-corrected chi connectivity index (χ1v) is 15.3. The minimum absolute atomic E-state index is 0.0428. The largest absolute Gasteiger partial charge is 0.463 e. The predicted octanol–water partition coefficient (Wildman–Crippen LogP) is 2.68. The molecule has 1 aromatic carbocycles. The van der Waals surface area contributed by atoms with Crippen molar-refractivity contribution in [1.29, 1.82) is 0 Å². The predicted molar refractivity (Wildman–Crippen MR) is 158 cm³/mol. The summed E-state index contributed by atoms with van der Waals surface area (Å²) >= 11 is 0. The van der Waals surface area contributed by atoms with Crippen LogP contribution in [-0.4, -0.2) is 88.2 Å². The van der Waals surface area contributed by atoms with Crippen LogP contribution in [0.3, 0.4) is 0 Å². The molecule has 0 aliphatic carbocycles. The highest BCUT2D eigenvalue weighted by molar-refractivity contribution is 6.00. The number of nitrogens with one attached hydrogen (secondary N) is 1. The normalized spacial score (nSPS) is 32.1. The number of rotatable bonds is 6. The van der Waals surface area contributed by atoms with E-state index in [1.54, 1.807) is 22.0 Å². The van der Waals surface area contributed by atoms with E-state index in [9.17, 15) is 24.3 Å². The van der Waals surface area contributed by atoms with Crippen molar-refractivity contribution in [2.24, 2.45) is 11.8 Å². The number of fused-ring (bicyclic) bond motifs is 2. The van der Waals surface area contributed by atoms with Crippen LogP contribution in [0.1, 0.15) is 64.5 Å². The summed E-state index contributed by atoms with van der Waals surface area (Å²) in [5.41, 5.74) is -1.07. The van der Waals surface area contributed by atoms with Crippen molar-refractivity contribution >= 4 is 23.7 Å². The molecule has 4 heterocycles. The Labute approximate surface area is 253 Å². The monoisotopic (exact) mass is 593 g/mol. The minimum Gasteiger partial charge on any atom is -0.463 e. The van der Waals surface area contributed by atoms with Gasteiger partial charge in [-0.2, -0.15) is 0 Å². The Kier molecular flexibility index (Phi) is 9.08. The number of carbonyl (C=O) groups excluding carboxylic acids is 4. The van der Waals surface area contributed by atoms with Crippen LogP contribution in [0, 0.1) is 11.8 Å². The third-order valence-electron chi connectivity index (χ3n) is 8.93. The second-order valence-corrected chi connectivity index (χ2v) is 12.8. The Morgan fingerprint density at radius 1 is 1.02 bits per heavy atom. The fraction of sp³-hybridized carbons (Fsp3) is 0.576. The lowest BCUT2D eigenvalue weighted by Gasteiger charge is -2.40. The lowest BCUT2D eigenvalue weighted by Crippen LogP contribution is -2.58. The standard InChI is InChI=1S/C33H43N3O7/c1-32(2,3)36-19-12-17-33-27(30(40)35(28(33)31(36)41)18-10-5-11-20-37)26-24(43-33)15-8-9-16-25(38)42-21-23(34-29(26)39)22-13-6-4-7-14-22/h4,6-8,12-15,17,23-24,26-28,37H,5,9-11,16,18-21H2,1-3H3,(H,34,39)/b15-8-/t23-,24+,26-,27-,28+,33-/m0/s1. The van der Waals surface area contributed by atoms with E-state index in [1.807, 2.05) is 63.3 Å². The zero-order valence-electron chi connectivity index (χ0n) is 25.2. The van der Waals surface area contributed by atoms with E-state index in [2.05, 4.69) is 5.32 Å². The minimum atomic E-state index is -1.34. The van der Waals surface area contributed by atoms with Crippen LogP contribution < -0.4 is 5.32 Å². The summed E-state index contributed by atoms with van der Waals surface area (Å²) in [5, 5.41) is 12.3. The number of amides is 3. The molecule has 10 nitrogen and oxygen atoms in total. The number of aliphatic hydroxyl groups excluding tert-OH is 1. The topological polar surface area (TPSA) is 125 Å². The number of esters is 1. The third-order valence-corrected chi connectivity index (χ3v) is 8.93. The first-order valence-electron chi connectivity index (χ1n) is 15.3. The summed E-state index contributed by atoms with van der Waals surface area (Å²) in [5.74, 6) is -3.09. The van der Waals surface area contributed by atoms with E-state index < -0.39 is 47.1 Å². The van der Waals surface area contributed by atoms with Crippen LogP contribution in [0.15, 0.2) is 54.6 Å². The SMILES string of the molecule is CC(C)(C)N1CC=C[C@]23O[C@@H]4/C=C\CCC(=O)OC[C@@H](c5ccccc5)NC(=O)[C@@H]4[C@H]2C(=O)N(CCCCCO)[C@@H]3C1=O. The molecule has 43 heavy (non-hydrogen) atoms. The van der Waals surface area contributed by atoms with Gasteiger partial charge in [-0.05, 0) is 52.0 Å². The number of carbonyl (C=O) groups is 4. The Bertz CT molecular complexity index is 1270. The van der Waals surface area contributed by atoms with E-state index in [0.29, 0.717) is 38.8 Å². The number of hydrogen-bond acceptors (Lipinski definition) is 7. The third kappa shape index (κ3) is 5.99. The van der Waals surface area contributed by atoms with Gasteiger partial charge >= 0.3 is 5.97 Å². The fourth-order valence-electron chi connectivity index (χ4n) is 6.85. The maximum absolute atomic E-state index is 14.4. The number of cyclic esters (lactones) is 1. The van der Waals surface area contributed by atoms with E-state index in [1.165, 1.54) is 0 Å². The lowest BCUT2D eigenvalue weighted by atomic mass is 9.77. The summed E-state index contributed by atoms with van der Waals surface area (Å²) in [6.07, 6.45) is 8.95. The van der Waals surface area contributed by atoms with Crippen molar-refractivity contribution in [2.45, 2.75) is 82.2 Å². The van der Waals surface area contributed by atoms with Gasteiger partial charge in [0.1, 0.15) is 18.2 Å². The van der Waals surface area contributed by atoms with E-state index in [4.69, 9.17) is 9.47 Å². The molecule has 5 rings (SSSR count). The molecule has 4 aliphatic rings. The van der Waals surface area contributed by atoms with E-state index >= 15 is 0 Å². The van der Waals surface area contributed by atoms with Crippen molar-refractivity contribution < 1.29 is 33.8 Å². The number of nitrogens with zero attached hydrogens (tertiary/aromatic N) is 2. The molecular weight excluding hydrogens is 550 g/mol. The molecular formula is C33H43N3O7. The van der Waals surface area contributed by atoms with Gasteiger partial charge in [-0.3, -0.25) is 19.2 Å². The maximum atomic E-state index is 14.4. The Hall–Kier alpha value is -3.50.